The molecule has 1 aromatic rings. The molecule has 2 aliphatic rings. The number of rotatable bonds is 5. The van der Waals surface area contributed by atoms with Crippen LogP contribution in [-0.2, 0) is 0 Å². The van der Waals surface area contributed by atoms with Gasteiger partial charge in [-0.1, -0.05) is 12.8 Å². The van der Waals surface area contributed by atoms with Crippen LogP contribution in [-0.4, -0.2) is 41.3 Å². The summed E-state index contributed by atoms with van der Waals surface area (Å²) in [7, 11) is 0. The summed E-state index contributed by atoms with van der Waals surface area (Å²) < 4.78 is 13.9. The average Bonchev–Trinajstić information content (AvgIpc) is 3.19. The fourth-order valence-electron chi connectivity index (χ4n) is 3.38. The minimum Gasteiger partial charge on any atom is -0.396 e. The van der Waals surface area contributed by atoms with Crippen LogP contribution in [0.25, 0.3) is 0 Å². The first kappa shape index (κ1) is 14.5. The van der Waals surface area contributed by atoms with E-state index in [-0.39, 0.29) is 17.8 Å². The molecule has 21 heavy (non-hydrogen) atoms. The second kappa shape index (κ2) is 6.13. The minimum atomic E-state index is -0.361. The van der Waals surface area contributed by atoms with Crippen LogP contribution >= 0.6 is 0 Å². The van der Waals surface area contributed by atoms with Gasteiger partial charge < -0.3 is 15.3 Å². The zero-order valence-corrected chi connectivity index (χ0v) is 12.3. The Kier molecular flexibility index (Phi) is 4.24. The molecule has 2 fully saturated rings. The molecule has 1 saturated carbocycles. The first-order valence-corrected chi connectivity index (χ1v) is 7.85. The SMILES string of the molecule is OCC1(CNc2ncc(F)c(N3CCCC3)n2)CCCC1. The zero-order chi connectivity index (χ0) is 14.7. The largest absolute Gasteiger partial charge is 0.396 e. The van der Waals surface area contributed by atoms with E-state index in [1.54, 1.807) is 0 Å². The van der Waals surface area contributed by atoms with E-state index in [0.717, 1.165) is 51.6 Å². The van der Waals surface area contributed by atoms with Crippen LogP contribution in [0.5, 0.6) is 0 Å². The van der Waals surface area contributed by atoms with Crippen LogP contribution in [0.3, 0.4) is 0 Å². The van der Waals surface area contributed by atoms with Crippen LogP contribution in [0.2, 0.25) is 0 Å². The average molecular weight is 294 g/mol. The van der Waals surface area contributed by atoms with Crippen LogP contribution < -0.4 is 10.2 Å². The van der Waals surface area contributed by atoms with Crippen molar-refractivity contribution in [2.75, 3.05) is 36.5 Å². The van der Waals surface area contributed by atoms with E-state index in [4.69, 9.17) is 0 Å². The summed E-state index contributed by atoms with van der Waals surface area (Å²) in [4.78, 5) is 10.3. The van der Waals surface area contributed by atoms with Crippen molar-refractivity contribution in [1.29, 1.82) is 0 Å². The molecule has 1 saturated heterocycles. The molecule has 1 aromatic heterocycles. The Morgan fingerprint density at radius 1 is 1.24 bits per heavy atom. The van der Waals surface area contributed by atoms with E-state index < -0.39 is 0 Å². The molecule has 3 rings (SSSR count). The van der Waals surface area contributed by atoms with Gasteiger partial charge in [-0.05, 0) is 25.7 Å². The number of aliphatic hydroxyl groups is 1. The molecule has 0 unspecified atom stereocenters. The number of nitrogens with one attached hydrogen (secondary N) is 1. The lowest BCUT2D eigenvalue weighted by atomic mass is 9.87. The van der Waals surface area contributed by atoms with Gasteiger partial charge in [0.2, 0.25) is 5.95 Å². The Bertz CT molecular complexity index is 485. The van der Waals surface area contributed by atoms with Crippen molar-refractivity contribution in [1.82, 2.24) is 9.97 Å². The van der Waals surface area contributed by atoms with Crippen molar-refractivity contribution in [3.8, 4) is 0 Å². The molecular formula is C15H23FN4O. The molecule has 0 aromatic carbocycles. The first-order valence-electron chi connectivity index (χ1n) is 7.85. The van der Waals surface area contributed by atoms with Gasteiger partial charge in [0.1, 0.15) is 0 Å². The summed E-state index contributed by atoms with van der Waals surface area (Å²) in [6, 6.07) is 0. The summed E-state index contributed by atoms with van der Waals surface area (Å²) in [6.45, 7) is 2.54. The highest BCUT2D eigenvalue weighted by Crippen LogP contribution is 2.37. The number of anilines is 2. The zero-order valence-electron chi connectivity index (χ0n) is 12.3. The fraction of sp³-hybridized carbons (Fsp3) is 0.733. The molecule has 2 N–H and O–H groups in total. The standard InChI is InChI=1S/C15H23FN4O/c16-12-9-17-14(19-13(12)20-7-3-4-8-20)18-10-15(11-21)5-1-2-6-15/h9,21H,1-8,10-11H2,(H,17,18,19). The minimum absolute atomic E-state index is 0.0639. The number of halogens is 1. The number of hydrogen-bond acceptors (Lipinski definition) is 5. The van der Waals surface area contributed by atoms with E-state index in [0.29, 0.717) is 18.3 Å². The number of hydrogen-bond donors (Lipinski definition) is 2. The smallest absolute Gasteiger partial charge is 0.224 e. The Labute approximate surface area is 124 Å². The van der Waals surface area contributed by atoms with E-state index in [1.165, 1.54) is 6.20 Å². The number of nitrogens with zero attached hydrogens (tertiary/aromatic N) is 3. The molecule has 2 heterocycles. The van der Waals surface area contributed by atoms with Crippen LogP contribution in [0, 0.1) is 11.2 Å². The fourth-order valence-corrected chi connectivity index (χ4v) is 3.38. The monoisotopic (exact) mass is 294 g/mol. The van der Waals surface area contributed by atoms with E-state index in [9.17, 15) is 9.50 Å². The molecule has 0 radical (unpaired) electrons. The highest BCUT2D eigenvalue weighted by atomic mass is 19.1. The van der Waals surface area contributed by atoms with Gasteiger partial charge in [-0.15, -0.1) is 0 Å². The maximum absolute atomic E-state index is 13.9. The second-order valence-electron chi connectivity index (χ2n) is 6.28. The van der Waals surface area contributed by atoms with Crippen LogP contribution in [0.15, 0.2) is 6.20 Å². The molecule has 5 nitrogen and oxygen atoms in total. The van der Waals surface area contributed by atoms with Crippen molar-refractivity contribution in [2.45, 2.75) is 38.5 Å². The topological polar surface area (TPSA) is 61.3 Å². The maximum Gasteiger partial charge on any atom is 0.224 e. The Morgan fingerprint density at radius 2 is 1.95 bits per heavy atom. The highest BCUT2D eigenvalue weighted by Gasteiger charge is 2.33. The third kappa shape index (κ3) is 3.10. The molecule has 0 atom stereocenters. The lowest BCUT2D eigenvalue weighted by Gasteiger charge is -2.26. The van der Waals surface area contributed by atoms with Gasteiger partial charge in [-0.3, -0.25) is 0 Å². The molecule has 1 aliphatic carbocycles. The van der Waals surface area contributed by atoms with Gasteiger partial charge in [-0.2, -0.15) is 4.98 Å². The first-order chi connectivity index (χ1) is 10.2. The molecule has 1 aliphatic heterocycles. The van der Waals surface area contributed by atoms with Gasteiger partial charge in [0.05, 0.1) is 12.8 Å². The summed E-state index contributed by atoms with van der Waals surface area (Å²) in [5, 5.41) is 12.8. The molecular weight excluding hydrogens is 271 g/mol. The molecule has 0 bridgehead atoms. The third-order valence-corrected chi connectivity index (χ3v) is 4.75. The second-order valence-corrected chi connectivity index (χ2v) is 6.28. The number of aliphatic hydroxyl groups excluding tert-OH is 1. The van der Waals surface area contributed by atoms with Crippen molar-refractivity contribution < 1.29 is 9.50 Å². The summed E-state index contributed by atoms with van der Waals surface area (Å²) in [5.74, 6) is 0.493. The molecule has 0 spiro atoms. The highest BCUT2D eigenvalue weighted by molar-refractivity contribution is 5.44. The van der Waals surface area contributed by atoms with Crippen LogP contribution in [0.1, 0.15) is 38.5 Å². The summed E-state index contributed by atoms with van der Waals surface area (Å²) in [6.07, 6.45) is 7.77. The predicted octanol–water partition coefficient (Wildman–Crippen LogP) is 2.18. The normalized spacial score (nSPS) is 21.0. The molecule has 0 amide bonds. The van der Waals surface area contributed by atoms with Crippen molar-refractivity contribution in [3.63, 3.8) is 0 Å². The van der Waals surface area contributed by atoms with Gasteiger partial charge in [-0.25, -0.2) is 9.37 Å². The van der Waals surface area contributed by atoms with Crippen LogP contribution in [0.4, 0.5) is 16.2 Å². The predicted molar refractivity (Wildman–Crippen MR) is 79.9 cm³/mol. The lowest BCUT2D eigenvalue weighted by Crippen LogP contribution is -2.31. The quantitative estimate of drug-likeness (QED) is 0.871. The molecule has 6 heteroatoms. The Morgan fingerprint density at radius 3 is 2.62 bits per heavy atom. The van der Waals surface area contributed by atoms with Crippen molar-refractivity contribution in [3.05, 3.63) is 12.0 Å². The Hall–Kier alpha value is -1.43. The summed E-state index contributed by atoms with van der Waals surface area (Å²) in [5.41, 5.74) is -0.0639. The third-order valence-electron chi connectivity index (χ3n) is 4.75. The van der Waals surface area contributed by atoms with Crippen molar-refractivity contribution >= 4 is 11.8 Å². The maximum atomic E-state index is 13.9. The summed E-state index contributed by atoms with van der Waals surface area (Å²) >= 11 is 0. The van der Waals surface area contributed by atoms with Gasteiger partial charge in [0.15, 0.2) is 11.6 Å². The number of aromatic nitrogens is 2. The van der Waals surface area contributed by atoms with E-state index >= 15 is 0 Å². The van der Waals surface area contributed by atoms with E-state index in [2.05, 4.69) is 15.3 Å². The molecule has 116 valence electrons. The Balaban J connectivity index is 1.69. The van der Waals surface area contributed by atoms with Gasteiger partial charge >= 0.3 is 0 Å². The lowest BCUT2D eigenvalue weighted by molar-refractivity contribution is 0.142. The van der Waals surface area contributed by atoms with Gasteiger partial charge in [0.25, 0.3) is 0 Å². The van der Waals surface area contributed by atoms with E-state index in [1.807, 2.05) is 4.90 Å². The van der Waals surface area contributed by atoms with Crippen molar-refractivity contribution in [2.24, 2.45) is 5.41 Å². The van der Waals surface area contributed by atoms with Gasteiger partial charge in [0, 0.05) is 25.0 Å².